The van der Waals surface area contributed by atoms with Crippen LogP contribution in [0.4, 0.5) is 0 Å². The van der Waals surface area contributed by atoms with Gasteiger partial charge in [-0.15, -0.1) is 11.3 Å². The van der Waals surface area contributed by atoms with Gasteiger partial charge in [0.25, 0.3) is 0 Å². The van der Waals surface area contributed by atoms with E-state index in [1.54, 1.807) is 6.20 Å². The molecular formula is C6H7N5S. The highest BCUT2D eigenvalue weighted by molar-refractivity contribution is 7.14. The van der Waals surface area contributed by atoms with E-state index in [-0.39, 0.29) is 0 Å². The fraction of sp³-hybridized carbons (Fsp3) is 0.167. The standard InChI is InChI=1S/C6H7N5S/c7-1-4-2-8-6(12-4)5-9-3-10-11-5/h2-3H,1,7H2,(H,9,10,11). The zero-order valence-electron chi connectivity index (χ0n) is 6.19. The van der Waals surface area contributed by atoms with Crippen LogP contribution in [0.1, 0.15) is 4.88 Å². The molecule has 0 aliphatic rings. The number of thiazole rings is 1. The minimum atomic E-state index is 0.520. The van der Waals surface area contributed by atoms with Crippen molar-refractivity contribution in [3.63, 3.8) is 0 Å². The number of nitrogens with zero attached hydrogens (tertiary/aromatic N) is 3. The van der Waals surface area contributed by atoms with Crippen LogP contribution in [0.25, 0.3) is 10.8 Å². The van der Waals surface area contributed by atoms with Crippen molar-refractivity contribution >= 4 is 11.3 Å². The highest BCUT2D eigenvalue weighted by Crippen LogP contribution is 2.20. The molecule has 62 valence electrons. The Hall–Kier alpha value is -1.27. The van der Waals surface area contributed by atoms with Gasteiger partial charge in [0.1, 0.15) is 6.33 Å². The smallest absolute Gasteiger partial charge is 0.184 e. The summed E-state index contributed by atoms with van der Waals surface area (Å²) >= 11 is 1.52. The topological polar surface area (TPSA) is 80.5 Å². The van der Waals surface area contributed by atoms with Crippen LogP contribution < -0.4 is 5.73 Å². The van der Waals surface area contributed by atoms with Gasteiger partial charge >= 0.3 is 0 Å². The van der Waals surface area contributed by atoms with E-state index in [4.69, 9.17) is 5.73 Å². The molecule has 0 aromatic carbocycles. The third kappa shape index (κ3) is 1.21. The van der Waals surface area contributed by atoms with Crippen molar-refractivity contribution in [2.24, 2.45) is 5.73 Å². The molecule has 2 aromatic heterocycles. The number of rotatable bonds is 2. The summed E-state index contributed by atoms with van der Waals surface area (Å²) in [4.78, 5) is 9.15. The number of hydrogen-bond acceptors (Lipinski definition) is 5. The molecule has 2 aromatic rings. The van der Waals surface area contributed by atoms with Gasteiger partial charge in [-0.3, -0.25) is 5.10 Å². The molecule has 0 aliphatic carbocycles. The van der Waals surface area contributed by atoms with Crippen molar-refractivity contribution < 1.29 is 0 Å². The minimum Gasteiger partial charge on any atom is -0.326 e. The molecule has 0 amide bonds. The molecule has 0 fully saturated rings. The first kappa shape index (κ1) is 7.38. The molecule has 3 N–H and O–H groups in total. The molecule has 5 nitrogen and oxygen atoms in total. The lowest BCUT2D eigenvalue weighted by Gasteiger charge is -1.84. The molecular weight excluding hydrogens is 174 g/mol. The van der Waals surface area contributed by atoms with Crippen LogP contribution in [0.15, 0.2) is 12.5 Å². The summed E-state index contributed by atoms with van der Waals surface area (Å²) < 4.78 is 0. The van der Waals surface area contributed by atoms with E-state index in [2.05, 4.69) is 20.2 Å². The molecule has 0 atom stereocenters. The van der Waals surface area contributed by atoms with Gasteiger partial charge in [0.2, 0.25) is 0 Å². The number of H-pyrrole nitrogens is 1. The third-order valence-corrected chi connectivity index (χ3v) is 2.40. The first-order chi connectivity index (χ1) is 5.90. The molecule has 12 heavy (non-hydrogen) atoms. The number of aromatic amines is 1. The van der Waals surface area contributed by atoms with Crippen LogP contribution in [-0.4, -0.2) is 20.2 Å². The van der Waals surface area contributed by atoms with Gasteiger partial charge in [-0.1, -0.05) is 0 Å². The molecule has 0 saturated heterocycles. The normalized spacial score (nSPS) is 10.4. The Kier molecular flexibility index (Phi) is 1.84. The lowest BCUT2D eigenvalue weighted by Crippen LogP contribution is -1.91. The number of aromatic nitrogens is 4. The SMILES string of the molecule is NCc1cnc(-c2ncn[nH]2)s1. The summed E-state index contributed by atoms with van der Waals surface area (Å²) in [7, 11) is 0. The van der Waals surface area contributed by atoms with Crippen molar-refractivity contribution in [2.75, 3.05) is 0 Å². The second-order valence-electron chi connectivity index (χ2n) is 2.17. The summed E-state index contributed by atoms with van der Waals surface area (Å²) in [6, 6.07) is 0. The summed E-state index contributed by atoms with van der Waals surface area (Å²) in [5.41, 5.74) is 5.44. The molecule has 0 saturated carbocycles. The Morgan fingerprint density at radius 2 is 2.42 bits per heavy atom. The number of nitrogens with two attached hydrogens (primary N) is 1. The van der Waals surface area contributed by atoms with E-state index < -0.39 is 0 Å². The Morgan fingerprint density at radius 1 is 1.50 bits per heavy atom. The van der Waals surface area contributed by atoms with Crippen LogP contribution >= 0.6 is 11.3 Å². The van der Waals surface area contributed by atoms with Crippen LogP contribution in [0.3, 0.4) is 0 Å². The first-order valence-corrected chi connectivity index (χ1v) is 4.22. The van der Waals surface area contributed by atoms with E-state index in [9.17, 15) is 0 Å². The first-order valence-electron chi connectivity index (χ1n) is 3.40. The lowest BCUT2D eigenvalue weighted by molar-refractivity contribution is 1.09. The van der Waals surface area contributed by atoms with Gasteiger partial charge in [0, 0.05) is 17.6 Å². The highest BCUT2D eigenvalue weighted by atomic mass is 32.1. The zero-order valence-corrected chi connectivity index (χ0v) is 7.01. The summed E-state index contributed by atoms with van der Waals surface area (Å²) in [6.45, 7) is 0.520. The van der Waals surface area contributed by atoms with Crippen molar-refractivity contribution in [3.8, 4) is 10.8 Å². The van der Waals surface area contributed by atoms with Gasteiger partial charge in [0.05, 0.1) is 0 Å². The van der Waals surface area contributed by atoms with Crippen LogP contribution in [-0.2, 0) is 6.54 Å². The van der Waals surface area contributed by atoms with Crippen molar-refractivity contribution in [2.45, 2.75) is 6.54 Å². The molecule has 0 radical (unpaired) electrons. The molecule has 2 rings (SSSR count). The van der Waals surface area contributed by atoms with E-state index in [0.717, 1.165) is 9.88 Å². The third-order valence-electron chi connectivity index (χ3n) is 1.37. The molecule has 2 heterocycles. The second-order valence-corrected chi connectivity index (χ2v) is 3.29. The highest BCUT2D eigenvalue weighted by Gasteiger charge is 2.05. The average molecular weight is 181 g/mol. The predicted octanol–water partition coefficient (Wildman–Crippen LogP) is 0.387. The van der Waals surface area contributed by atoms with Crippen molar-refractivity contribution in [3.05, 3.63) is 17.4 Å². The second kappa shape index (κ2) is 3.00. The molecule has 0 unspecified atom stereocenters. The van der Waals surface area contributed by atoms with Crippen LogP contribution in [0, 0.1) is 0 Å². The van der Waals surface area contributed by atoms with Crippen molar-refractivity contribution in [1.29, 1.82) is 0 Å². The largest absolute Gasteiger partial charge is 0.326 e. The molecule has 0 bridgehead atoms. The van der Waals surface area contributed by atoms with Gasteiger partial charge in [0.15, 0.2) is 10.8 Å². The Morgan fingerprint density at radius 3 is 3.00 bits per heavy atom. The maximum Gasteiger partial charge on any atom is 0.184 e. The van der Waals surface area contributed by atoms with E-state index in [0.29, 0.717) is 12.4 Å². The maximum absolute atomic E-state index is 5.44. The predicted molar refractivity (Wildman–Crippen MR) is 45.4 cm³/mol. The van der Waals surface area contributed by atoms with E-state index >= 15 is 0 Å². The van der Waals surface area contributed by atoms with Gasteiger partial charge in [-0.2, -0.15) is 5.10 Å². The van der Waals surface area contributed by atoms with Crippen LogP contribution in [0.2, 0.25) is 0 Å². The summed E-state index contributed by atoms with van der Waals surface area (Å²) in [5.74, 6) is 0.694. The fourth-order valence-corrected chi connectivity index (χ4v) is 1.56. The minimum absolute atomic E-state index is 0.520. The summed E-state index contributed by atoms with van der Waals surface area (Å²) in [5, 5.41) is 7.30. The monoisotopic (exact) mass is 181 g/mol. The van der Waals surface area contributed by atoms with Crippen molar-refractivity contribution in [1.82, 2.24) is 20.2 Å². The Labute approximate surface area is 72.7 Å². The van der Waals surface area contributed by atoms with E-state index in [1.165, 1.54) is 17.7 Å². The fourth-order valence-electron chi connectivity index (χ4n) is 0.820. The molecule has 6 heteroatoms. The maximum atomic E-state index is 5.44. The summed E-state index contributed by atoms with van der Waals surface area (Å²) in [6.07, 6.45) is 3.21. The number of hydrogen-bond donors (Lipinski definition) is 2. The van der Waals surface area contributed by atoms with Gasteiger partial charge in [-0.25, -0.2) is 9.97 Å². The Bertz CT molecular complexity index is 352. The van der Waals surface area contributed by atoms with Gasteiger partial charge in [-0.05, 0) is 0 Å². The quantitative estimate of drug-likeness (QED) is 0.702. The lowest BCUT2D eigenvalue weighted by atomic mass is 10.6. The van der Waals surface area contributed by atoms with E-state index in [1.807, 2.05) is 0 Å². The Balaban J connectivity index is 2.35. The van der Waals surface area contributed by atoms with Crippen LogP contribution in [0.5, 0.6) is 0 Å². The number of nitrogens with one attached hydrogen (secondary N) is 1. The molecule has 0 aliphatic heterocycles. The molecule has 0 spiro atoms. The zero-order chi connectivity index (χ0) is 8.39. The average Bonchev–Trinajstić information content (AvgIpc) is 2.75. The van der Waals surface area contributed by atoms with Gasteiger partial charge < -0.3 is 5.73 Å².